The number of benzene rings is 1. The van der Waals surface area contributed by atoms with Gasteiger partial charge in [-0.3, -0.25) is 0 Å². The fourth-order valence-corrected chi connectivity index (χ4v) is 9.50. The van der Waals surface area contributed by atoms with E-state index in [1.54, 1.807) is 18.2 Å². The summed E-state index contributed by atoms with van der Waals surface area (Å²) >= 11 is 0. The Kier molecular flexibility index (Phi) is 10.3. The first-order valence-corrected chi connectivity index (χ1v) is 19.2. The molecule has 1 aliphatic carbocycles. The average molecular weight is 696 g/mol. The van der Waals surface area contributed by atoms with Crippen molar-refractivity contribution < 1.29 is 41.3 Å². The van der Waals surface area contributed by atoms with E-state index < -0.39 is 43.9 Å². The van der Waals surface area contributed by atoms with Crippen LogP contribution in [0.15, 0.2) is 46.3 Å². The van der Waals surface area contributed by atoms with Gasteiger partial charge in [0.15, 0.2) is 0 Å². The molecule has 1 aromatic carbocycles. The third-order valence-corrected chi connectivity index (χ3v) is 13.0. The van der Waals surface area contributed by atoms with E-state index in [0.717, 1.165) is 12.8 Å². The van der Waals surface area contributed by atoms with Crippen molar-refractivity contribution in [3.05, 3.63) is 36.5 Å². The van der Waals surface area contributed by atoms with Gasteiger partial charge in [0.1, 0.15) is 35.7 Å². The van der Waals surface area contributed by atoms with Crippen molar-refractivity contribution in [2.45, 2.75) is 84.6 Å². The van der Waals surface area contributed by atoms with Crippen LogP contribution in [0.5, 0.6) is 11.6 Å². The Hall–Kier alpha value is -2.57. The zero-order valence-corrected chi connectivity index (χ0v) is 28.2. The van der Waals surface area contributed by atoms with Crippen LogP contribution in [0.4, 0.5) is 5.69 Å². The fraction of sp³-hybridized carbons (Fsp3) is 0.645. The number of pyridine rings is 1. The summed E-state index contributed by atoms with van der Waals surface area (Å²) in [6.45, 7) is 2.48. The Balaban J connectivity index is 0.952. The Bertz CT molecular complexity index is 1620. The Morgan fingerprint density at radius 1 is 1.11 bits per heavy atom. The SMILES string of the molecule is CN1CCOc2ncc(S(=O)(=O)N3CCC4(CC3)CC(NCC(O)COc3cccc(S(=O)(=O)N[C@H]5CCCC[C@@H]5O)c3)CO4)cc21. The lowest BCUT2D eigenvalue weighted by molar-refractivity contribution is -0.0312. The van der Waals surface area contributed by atoms with Crippen molar-refractivity contribution in [1.29, 1.82) is 0 Å². The second-order valence-electron chi connectivity index (χ2n) is 13.0. The van der Waals surface area contributed by atoms with Crippen molar-refractivity contribution in [2.75, 3.05) is 57.9 Å². The molecule has 4 heterocycles. The normalized spacial score (nSPS) is 25.7. The van der Waals surface area contributed by atoms with Crippen molar-refractivity contribution in [3.63, 3.8) is 0 Å². The molecule has 3 fully saturated rings. The van der Waals surface area contributed by atoms with E-state index in [2.05, 4.69) is 15.0 Å². The van der Waals surface area contributed by atoms with Crippen LogP contribution < -0.4 is 24.4 Å². The maximum atomic E-state index is 13.4. The van der Waals surface area contributed by atoms with Crippen LogP contribution in [-0.4, -0.2) is 119 Å². The first-order chi connectivity index (χ1) is 22.4. The molecular formula is C31H45N5O9S2. The van der Waals surface area contributed by atoms with Crippen LogP contribution in [-0.2, 0) is 24.8 Å². The number of ether oxygens (including phenoxy) is 3. The molecule has 2 saturated heterocycles. The minimum absolute atomic E-state index is 0.0112. The third-order valence-electron chi connectivity index (χ3n) is 9.60. The van der Waals surface area contributed by atoms with Gasteiger partial charge >= 0.3 is 0 Å². The first kappa shape index (κ1) is 34.3. The van der Waals surface area contributed by atoms with Crippen LogP contribution in [0.1, 0.15) is 44.9 Å². The number of aromatic nitrogens is 1. The van der Waals surface area contributed by atoms with Gasteiger partial charge in [-0.2, -0.15) is 4.31 Å². The number of hydrogen-bond donors (Lipinski definition) is 4. The van der Waals surface area contributed by atoms with E-state index in [4.69, 9.17) is 14.2 Å². The fourth-order valence-electron chi connectivity index (χ4n) is 6.76. The Morgan fingerprint density at radius 2 is 1.89 bits per heavy atom. The molecule has 4 atom stereocenters. The molecule has 3 aliphatic heterocycles. The molecular weight excluding hydrogens is 651 g/mol. The number of nitrogens with zero attached hydrogens (tertiary/aromatic N) is 3. The van der Waals surface area contributed by atoms with Crippen LogP contribution in [0.25, 0.3) is 0 Å². The lowest BCUT2D eigenvalue weighted by atomic mass is 9.88. The molecule has 47 heavy (non-hydrogen) atoms. The van der Waals surface area contributed by atoms with Crippen molar-refractivity contribution >= 4 is 25.7 Å². The third kappa shape index (κ3) is 7.85. The quantitative estimate of drug-likeness (QED) is 0.261. The van der Waals surface area contributed by atoms with Crippen molar-refractivity contribution in [1.82, 2.24) is 19.3 Å². The molecule has 14 nitrogen and oxygen atoms in total. The second-order valence-corrected chi connectivity index (χ2v) is 16.6. The summed E-state index contributed by atoms with van der Waals surface area (Å²) in [6, 6.07) is 7.19. The summed E-state index contributed by atoms with van der Waals surface area (Å²) in [7, 11) is -5.69. The van der Waals surface area contributed by atoms with Crippen LogP contribution in [0.2, 0.25) is 0 Å². The van der Waals surface area contributed by atoms with Gasteiger partial charge in [-0.05, 0) is 50.3 Å². The number of aliphatic hydroxyl groups excluding tert-OH is 2. The number of fused-ring (bicyclic) bond motifs is 1. The molecule has 260 valence electrons. The second kappa shape index (κ2) is 14.1. The maximum absolute atomic E-state index is 13.4. The topological polar surface area (TPSA) is 180 Å². The largest absolute Gasteiger partial charge is 0.491 e. The minimum atomic E-state index is -3.84. The average Bonchev–Trinajstić information content (AvgIpc) is 3.46. The highest BCUT2D eigenvalue weighted by molar-refractivity contribution is 7.89. The Morgan fingerprint density at radius 3 is 2.68 bits per heavy atom. The van der Waals surface area contributed by atoms with E-state index in [-0.39, 0.29) is 29.0 Å². The molecule has 2 aromatic rings. The first-order valence-electron chi connectivity index (χ1n) is 16.3. The number of anilines is 1. The number of aliphatic hydroxyl groups is 2. The lowest BCUT2D eigenvalue weighted by Crippen LogP contribution is -2.47. The predicted molar refractivity (Wildman–Crippen MR) is 173 cm³/mol. The van der Waals surface area contributed by atoms with Gasteiger partial charge < -0.3 is 34.6 Å². The van der Waals surface area contributed by atoms with Gasteiger partial charge in [0.25, 0.3) is 0 Å². The molecule has 0 amide bonds. The summed E-state index contributed by atoms with van der Waals surface area (Å²) in [4.78, 5) is 6.37. The molecule has 16 heteroatoms. The van der Waals surface area contributed by atoms with Gasteiger partial charge in [-0.25, -0.2) is 26.5 Å². The number of likely N-dealkylation sites (N-methyl/N-ethyl adjacent to an activating group) is 1. The maximum Gasteiger partial charge on any atom is 0.244 e. The van der Waals surface area contributed by atoms with Crippen molar-refractivity contribution in [3.8, 4) is 11.6 Å². The minimum Gasteiger partial charge on any atom is -0.491 e. The molecule has 0 radical (unpaired) electrons. The van der Waals surface area contributed by atoms with Crippen LogP contribution >= 0.6 is 0 Å². The molecule has 4 aliphatic rings. The number of sulfonamides is 2. The standard InChI is InChI=1S/C31H45N5O9S2/c1-35-13-14-43-30-28(35)16-26(19-33-30)47(41,42)36-11-9-31(10-12-36)17-22(20-45-31)32-18-23(37)21-44-24-5-4-6-25(15-24)46(39,40)34-27-7-2-3-8-29(27)38/h4-6,15-16,19,22-23,27,29,32,34,37-38H,2-3,7-14,17-18,20-21H2,1H3/t22?,23?,27-,29-/m0/s1. The smallest absolute Gasteiger partial charge is 0.244 e. The lowest BCUT2D eigenvalue weighted by Gasteiger charge is -2.38. The molecule has 4 N–H and O–H groups in total. The van der Waals surface area contributed by atoms with E-state index >= 15 is 0 Å². The van der Waals surface area contributed by atoms with Crippen LogP contribution in [0.3, 0.4) is 0 Å². The molecule has 1 aromatic heterocycles. The number of rotatable bonds is 11. The summed E-state index contributed by atoms with van der Waals surface area (Å²) < 4.78 is 74.3. The molecule has 2 unspecified atom stereocenters. The summed E-state index contributed by atoms with van der Waals surface area (Å²) in [5.41, 5.74) is 0.234. The van der Waals surface area contributed by atoms with Crippen LogP contribution in [0, 0.1) is 0 Å². The zero-order chi connectivity index (χ0) is 33.2. The van der Waals surface area contributed by atoms with Gasteiger partial charge in [-0.1, -0.05) is 18.9 Å². The Labute approximate surface area is 276 Å². The monoisotopic (exact) mass is 695 g/mol. The van der Waals surface area contributed by atoms with E-state index in [1.165, 1.54) is 22.6 Å². The van der Waals surface area contributed by atoms with Crippen molar-refractivity contribution in [2.24, 2.45) is 0 Å². The summed E-state index contributed by atoms with van der Waals surface area (Å²) in [6.07, 6.45) is 4.52. The van der Waals surface area contributed by atoms with Gasteiger partial charge in [0.05, 0.1) is 35.9 Å². The highest BCUT2D eigenvalue weighted by Crippen LogP contribution is 2.38. The summed E-state index contributed by atoms with van der Waals surface area (Å²) in [5, 5.41) is 24.1. The predicted octanol–water partition coefficient (Wildman–Crippen LogP) is 0.834. The number of nitrogens with one attached hydrogen (secondary N) is 2. The highest BCUT2D eigenvalue weighted by Gasteiger charge is 2.45. The number of piperidine rings is 1. The molecule has 0 bridgehead atoms. The van der Waals surface area contributed by atoms with E-state index in [1.807, 2.05) is 11.9 Å². The molecule has 1 spiro atoms. The molecule has 1 saturated carbocycles. The van der Waals surface area contributed by atoms with E-state index in [9.17, 15) is 27.0 Å². The molecule has 6 rings (SSSR count). The summed E-state index contributed by atoms with van der Waals surface area (Å²) in [5.74, 6) is 0.752. The zero-order valence-electron chi connectivity index (χ0n) is 26.6. The van der Waals surface area contributed by atoms with Gasteiger partial charge in [0.2, 0.25) is 25.9 Å². The highest BCUT2D eigenvalue weighted by atomic mass is 32.2. The van der Waals surface area contributed by atoms with Gasteiger partial charge in [-0.15, -0.1) is 0 Å². The number of hydrogen-bond acceptors (Lipinski definition) is 12. The van der Waals surface area contributed by atoms with Gasteiger partial charge in [0, 0.05) is 44.8 Å². The van der Waals surface area contributed by atoms with E-state index in [0.29, 0.717) is 82.3 Å².